The molecule has 2 aromatic carbocycles. The Labute approximate surface area is 186 Å². The van der Waals surface area contributed by atoms with E-state index in [-0.39, 0.29) is 0 Å². The molecule has 5 rings (SSSR count). The van der Waals surface area contributed by atoms with E-state index in [1.165, 1.54) is 0 Å². The molecule has 8 nitrogen and oxygen atoms in total. The molecule has 32 heavy (non-hydrogen) atoms. The van der Waals surface area contributed by atoms with E-state index in [2.05, 4.69) is 42.7 Å². The van der Waals surface area contributed by atoms with Gasteiger partial charge in [-0.15, -0.1) is 0 Å². The fourth-order valence-electron chi connectivity index (χ4n) is 3.90. The van der Waals surface area contributed by atoms with Crippen LogP contribution in [0.3, 0.4) is 0 Å². The van der Waals surface area contributed by atoms with Crippen molar-refractivity contribution in [3.05, 3.63) is 78.4 Å². The van der Waals surface area contributed by atoms with Crippen molar-refractivity contribution in [3.63, 3.8) is 0 Å². The lowest BCUT2D eigenvalue weighted by Crippen LogP contribution is -2.46. The first-order valence-corrected chi connectivity index (χ1v) is 10.6. The van der Waals surface area contributed by atoms with Crippen molar-refractivity contribution in [2.24, 2.45) is 10.1 Å². The summed E-state index contributed by atoms with van der Waals surface area (Å²) in [5.41, 5.74) is 3.03. The highest BCUT2D eigenvalue weighted by Gasteiger charge is 2.32. The van der Waals surface area contributed by atoms with Gasteiger partial charge in [-0.05, 0) is 19.1 Å². The van der Waals surface area contributed by atoms with Gasteiger partial charge in [-0.25, -0.2) is 15.0 Å². The van der Waals surface area contributed by atoms with Crippen molar-refractivity contribution >= 4 is 35.2 Å². The molecule has 1 fully saturated rings. The molecule has 1 aliphatic rings. The number of nitrogens with zero attached hydrogens (tertiary/aromatic N) is 7. The van der Waals surface area contributed by atoms with Crippen LogP contribution in [0.4, 0.5) is 11.6 Å². The Morgan fingerprint density at radius 3 is 2.66 bits per heavy atom. The van der Waals surface area contributed by atoms with Gasteiger partial charge in [-0.1, -0.05) is 42.5 Å². The fraction of sp³-hybridized carbons (Fsp3) is 0.208. The summed E-state index contributed by atoms with van der Waals surface area (Å²) < 4.78 is 0. The Kier molecular flexibility index (Phi) is 5.33. The molecule has 0 aliphatic carbocycles. The zero-order chi connectivity index (χ0) is 21.9. The number of fused-ring (bicyclic) bond motifs is 1. The molecule has 0 unspecified atom stereocenters. The lowest BCUT2D eigenvalue weighted by atomic mass is 9.99. The van der Waals surface area contributed by atoms with E-state index in [0.717, 1.165) is 41.3 Å². The van der Waals surface area contributed by atoms with Gasteiger partial charge in [0.2, 0.25) is 0 Å². The van der Waals surface area contributed by atoms with E-state index >= 15 is 0 Å². The Morgan fingerprint density at radius 2 is 1.91 bits per heavy atom. The summed E-state index contributed by atoms with van der Waals surface area (Å²) >= 11 is 0. The summed E-state index contributed by atoms with van der Waals surface area (Å²) in [6.07, 6.45) is 1.56. The van der Waals surface area contributed by atoms with Crippen molar-refractivity contribution < 1.29 is 0 Å². The van der Waals surface area contributed by atoms with Crippen molar-refractivity contribution in [3.8, 4) is 0 Å². The van der Waals surface area contributed by atoms with Gasteiger partial charge in [0.25, 0.3) is 0 Å². The molecule has 0 saturated carbocycles. The van der Waals surface area contributed by atoms with E-state index in [1.54, 1.807) is 11.3 Å². The smallest absolute Gasteiger partial charge is 0.161 e. The number of H-pyrrole nitrogens is 1. The van der Waals surface area contributed by atoms with Crippen LogP contribution in [0.25, 0.3) is 11.0 Å². The summed E-state index contributed by atoms with van der Waals surface area (Å²) in [7, 11) is 0. The number of hydrogen-bond donors (Lipinski definition) is 1. The van der Waals surface area contributed by atoms with E-state index in [0.29, 0.717) is 24.1 Å². The summed E-state index contributed by atoms with van der Waals surface area (Å²) in [4.78, 5) is 24.0. The molecule has 4 aromatic rings. The standard InChI is InChI=1S/C24H24N8/c1-3-26-24(17-9-5-4-6-10-17)32(25-2)22-13-21(27-16-28-22)31-14-18(15-31)23-29-19-11-7-8-12-20(19)30-23/h4-13,16,18H,2-3,14-15H2,1H3,(H,29,30). The number of aromatic amines is 1. The fourth-order valence-corrected chi connectivity index (χ4v) is 3.90. The predicted octanol–water partition coefficient (Wildman–Crippen LogP) is 3.85. The van der Waals surface area contributed by atoms with Gasteiger partial charge < -0.3 is 9.88 Å². The maximum absolute atomic E-state index is 4.74. The van der Waals surface area contributed by atoms with Crippen molar-refractivity contribution in [1.29, 1.82) is 0 Å². The SMILES string of the molecule is C=NN(C(=NCC)c1ccccc1)c1cc(N2CC(c3nc4ccccc4[nH]3)C2)ncn1. The largest absolute Gasteiger partial charge is 0.355 e. The third-order valence-corrected chi connectivity index (χ3v) is 5.54. The zero-order valence-corrected chi connectivity index (χ0v) is 17.9. The van der Waals surface area contributed by atoms with Crippen LogP contribution in [0.15, 0.2) is 77.1 Å². The van der Waals surface area contributed by atoms with Crippen LogP contribution < -0.4 is 9.91 Å². The number of imidazole rings is 1. The van der Waals surface area contributed by atoms with Gasteiger partial charge in [0.1, 0.15) is 18.0 Å². The van der Waals surface area contributed by atoms with Gasteiger partial charge in [-0.2, -0.15) is 10.1 Å². The number of rotatable bonds is 6. The van der Waals surface area contributed by atoms with Crippen LogP contribution in [-0.2, 0) is 0 Å². The molecule has 0 spiro atoms. The minimum Gasteiger partial charge on any atom is -0.355 e. The Morgan fingerprint density at radius 1 is 1.12 bits per heavy atom. The van der Waals surface area contributed by atoms with Gasteiger partial charge in [0.15, 0.2) is 11.7 Å². The Bertz CT molecular complexity index is 1220. The first-order valence-electron chi connectivity index (χ1n) is 10.6. The molecule has 1 N–H and O–H groups in total. The number of anilines is 2. The number of amidine groups is 1. The van der Waals surface area contributed by atoms with Crippen LogP contribution in [-0.4, -0.2) is 52.1 Å². The third kappa shape index (κ3) is 3.71. The number of aliphatic imine (C=N–C) groups is 1. The van der Waals surface area contributed by atoms with Gasteiger partial charge >= 0.3 is 0 Å². The van der Waals surface area contributed by atoms with Crippen LogP contribution >= 0.6 is 0 Å². The molecule has 0 bridgehead atoms. The first kappa shape index (κ1) is 19.9. The monoisotopic (exact) mass is 424 g/mol. The number of hydrogen-bond acceptors (Lipinski definition) is 6. The zero-order valence-electron chi connectivity index (χ0n) is 17.9. The molecule has 3 heterocycles. The van der Waals surface area contributed by atoms with Crippen molar-refractivity contribution in [2.75, 3.05) is 29.5 Å². The third-order valence-electron chi connectivity index (χ3n) is 5.54. The molecule has 160 valence electrons. The second-order valence-electron chi connectivity index (χ2n) is 7.59. The lowest BCUT2D eigenvalue weighted by molar-refractivity contribution is 0.501. The van der Waals surface area contributed by atoms with E-state index in [4.69, 9.17) is 4.98 Å². The van der Waals surface area contributed by atoms with Crippen molar-refractivity contribution in [1.82, 2.24) is 19.9 Å². The topological polar surface area (TPSA) is 85.7 Å². The second kappa shape index (κ2) is 8.58. The van der Waals surface area contributed by atoms with E-state index in [1.807, 2.05) is 61.5 Å². The average molecular weight is 425 g/mol. The van der Waals surface area contributed by atoms with Crippen LogP contribution in [0.5, 0.6) is 0 Å². The average Bonchev–Trinajstić information content (AvgIpc) is 3.22. The van der Waals surface area contributed by atoms with Gasteiger partial charge in [0, 0.05) is 38.0 Å². The van der Waals surface area contributed by atoms with Crippen LogP contribution in [0, 0.1) is 0 Å². The number of para-hydroxylation sites is 2. The highest BCUT2D eigenvalue weighted by atomic mass is 15.5. The molecular formula is C24H24N8. The van der Waals surface area contributed by atoms with Crippen LogP contribution in [0.2, 0.25) is 0 Å². The minimum atomic E-state index is 0.344. The molecule has 8 heteroatoms. The normalized spacial score (nSPS) is 14.4. The number of hydrazone groups is 1. The number of nitrogens with one attached hydrogen (secondary N) is 1. The van der Waals surface area contributed by atoms with E-state index in [9.17, 15) is 0 Å². The second-order valence-corrected chi connectivity index (χ2v) is 7.59. The summed E-state index contributed by atoms with van der Waals surface area (Å²) in [5.74, 6) is 3.55. The summed E-state index contributed by atoms with van der Waals surface area (Å²) in [5, 5.41) is 5.88. The molecule has 1 aliphatic heterocycles. The van der Waals surface area contributed by atoms with Crippen molar-refractivity contribution in [2.45, 2.75) is 12.8 Å². The predicted molar refractivity (Wildman–Crippen MR) is 129 cm³/mol. The highest BCUT2D eigenvalue weighted by molar-refractivity contribution is 6.09. The summed E-state index contributed by atoms with van der Waals surface area (Å²) in [6, 6.07) is 20.0. The van der Waals surface area contributed by atoms with Gasteiger partial charge in [-0.3, -0.25) is 4.99 Å². The molecular weight excluding hydrogens is 400 g/mol. The molecule has 0 amide bonds. The Hall–Kier alpha value is -4.07. The number of benzene rings is 2. The quantitative estimate of drug-likeness (QED) is 0.289. The molecule has 0 atom stereocenters. The minimum absolute atomic E-state index is 0.344. The lowest BCUT2D eigenvalue weighted by Gasteiger charge is -2.39. The Balaban J connectivity index is 1.36. The summed E-state index contributed by atoms with van der Waals surface area (Å²) in [6.45, 7) is 8.05. The highest BCUT2D eigenvalue weighted by Crippen LogP contribution is 2.31. The molecule has 1 saturated heterocycles. The van der Waals surface area contributed by atoms with Crippen LogP contribution in [0.1, 0.15) is 24.2 Å². The maximum Gasteiger partial charge on any atom is 0.161 e. The molecule has 0 radical (unpaired) electrons. The van der Waals surface area contributed by atoms with E-state index < -0.39 is 0 Å². The number of aromatic nitrogens is 4. The van der Waals surface area contributed by atoms with Gasteiger partial charge in [0.05, 0.1) is 17.0 Å². The molecule has 2 aromatic heterocycles. The first-order chi connectivity index (χ1) is 15.8. The maximum atomic E-state index is 4.74.